The number of benzene rings is 2. The number of likely N-dealkylation sites (tertiary alicyclic amines) is 1. The van der Waals surface area contributed by atoms with Crippen molar-refractivity contribution in [3.8, 4) is 6.01 Å². The first-order valence-electron chi connectivity index (χ1n) is 14.5. The quantitative estimate of drug-likeness (QED) is 0.315. The van der Waals surface area contributed by atoms with E-state index >= 15 is 0 Å². The Morgan fingerprint density at radius 2 is 1.85 bits per heavy atom. The molecule has 0 aliphatic carbocycles. The van der Waals surface area contributed by atoms with Crippen LogP contribution in [0, 0.1) is 12.5 Å². The van der Waals surface area contributed by atoms with E-state index in [1.807, 2.05) is 17.0 Å². The van der Waals surface area contributed by atoms with E-state index in [1.165, 1.54) is 0 Å². The lowest BCUT2D eigenvalue weighted by Gasteiger charge is -2.36. The SMILES string of the molecule is [C-]#[N+]C[C@@H]1CCCN(c2nc(OCCN3CCC(F)(F)CC3)nc3c2CCN(c2cccc4cccc(Cl)c24)C3)C1. The smallest absolute Gasteiger partial charge is 0.318 e. The summed E-state index contributed by atoms with van der Waals surface area (Å²) in [6.07, 6.45) is 2.65. The molecule has 216 valence electrons. The highest BCUT2D eigenvalue weighted by atomic mass is 35.5. The van der Waals surface area contributed by atoms with Crippen molar-refractivity contribution < 1.29 is 13.5 Å². The van der Waals surface area contributed by atoms with Gasteiger partial charge in [0.25, 0.3) is 5.92 Å². The number of ether oxygens (including phenoxy) is 1. The fraction of sp³-hybridized carbons (Fsp3) is 0.516. The van der Waals surface area contributed by atoms with E-state index in [1.54, 1.807) is 0 Å². The molecule has 0 spiro atoms. The molecule has 0 saturated carbocycles. The van der Waals surface area contributed by atoms with E-state index in [0.717, 1.165) is 77.5 Å². The third-order valence-electron chi connectivity index (χ3n) is 8.59. The van der Waals surface area contributed by atoms with Crippen LogP contribution in [0.2, 0.25) is 5.02 Å². The minimum absolute atomic E-state index is 0.110. The molecule has 1 aromatic heterocycles. The number of rotatable bonds is 7. The summed E-state index contributed by atoms with van der Waals surface area (Å²) < 4.78 is 33.2. The maximum Gasteiger partial charge on any atom is 0.318 e. The first-order valence-corrected chi connectivity index (χ1v) is 14.9. The molecule has 41 heavy (non-hydrogen) atoms. The second kappa shape index (κ2) is 11.9. The van der Waals surface area contributed by atoms with Crippen molar-refractivity contribution in [3.63, 3.8) is 0 Å². The monoisotopic (exact) mass is 580 g/mol. The van der Waals surface area contributed by atoms with Gasteiger partial charge in [-0.15, -0.1) is 0 Å². The van der Waals surface area contributed by atoms with Gasteiger partial charge >= 0.3 is 6.01 Å². The predicted molar refractivity (Wildman–Crippen MR) is 158 cm³/mol. The number of nitrogens with zero attached hydrogens (tertiary/aromatic N) is 6. The first-order chi connectivity index (χ1) is 19.9. The highest BCUT2D eigenvalue weighted by Gasteiger charge is 2.34. The van der Waals surface area contributed by atoms with Crippen molar-refractivity contribution in [1.29, 1.82) is 0 Å². The number of fused-ring (bicyclic) bond motifs is 2. The molecular formula is C31H35ClF2N6O. The topological polar surface area (TPSA) is 49.1 Å². The Labute approximate surface area is 244 Å². The summed E-state index contributed by atoms with van der Waals surface area (Å²) in [6, 6.07) is 12.6. The summed E-state index contributed by atoms with van der Waals surface area (Å²) in [5.41, 5.74) is 3.16. The van der Waals surface area contributed by atoms with E-state index < -0.39 is 5.92 Å². The molecule has 2 aromatic carbocycles. The van der Waals surface area contributed by atoms with Crippen LogP contribution >= 0.6 is 11.6 Å². The number of halogens is 3. The van der Waals surface area contributed by atoms with Crippen LogP contribution < -0.4 is 14.5 Å². The minimum atomic E-state index is -2.56. The van der Waals surface area contributed by atoms with Crippen molar-refractivity contribution in [3.05, 3.63) is 64.1 Å². The number of alkyl halides is 2. The normalized spacial score (nSPS) is 21.0. The standard InChI is InChI=1S/C31H35ClF2N6O/c1-35-19-22-5-4-13-40(20-22)29-24-10-14-39(27-9-3-7-23-6-2-8-25(32)28(23)27)21-26(24)36-30(37-29)41-18-17-38-15-11-31(33,34)12-16-38/h2-3,6-9,22H,4-5,10-21H2/t22-/m0/s1. The summed E-state index contributed by atoms with van der Waals surface area (Å²) in [5, 5.41) is 2.87. The molecular weight excluding hydrogens is 546 g/mol. The highest BCUT2D eigenvalue weighted by molar-refractivity contribution is 6.36. The Hall–Kier alpha value is -3.22. The molecule has 1 atom stereocenters. The third kappa shape index (κ3) is 6.19. The largest absolute Gasteiger partial charge is 0.462 e. The van der Waals surface area contributed by atoms with Crippen LogP contribution in [0.5, 0.6) is 6.01 Å². The number of anilines is 2. The van der Waals surface area contributed by atoms with Crippen molar-refractivity contribution in [2.75, 3.05) is 62.2 Å². The van der Waals surface area contributed by atoms with Crippen LogP contribution in [0.25, 0.3) is 15.6 Å². The average Bonchev–Trinajstić information content (AvgIpc) is 2.97. The molecule has 6 rings (SSSR count). The molecule has 3 aliphatic heterocycles. The van der Waals surface area contributed by atoms with Gasteiger partial charge in [0, 0.05) is 74.7 Å². The van der Waals surface area contributed by atoms with Crippen LogP contribution in [0.1, 0.15) is 36.9 Å². The Bertz CT molecular complexity index is 1430. The summed E-state index contributed by atoms with van der Waals surface area (Å²) in [7, 11) is 0. The zero-order chi connectivity index (χ0) is 28.4. The predicted octanol–water partition coefficient (Wildman–Crippen LogP) is 6.09. The lowest BCUT2D eigenvalue weighted by atomic mass is 9.96. The van der Waals surface area contributed by atoms with Crippen LogP contribution in [0.4, 0.5) is 20.3 Å². The van der Waals surface area contributed by atoms with Crippen LogP contribution in [0.3, 0.4) is 0 Å². The maximum atomic E-state index is 13.6. The molecule has 2 fully saturated rings. The number of aromatic nitrogens is 2. The second-order valence-electron chi connectivity index (χ2n) is 11.4. The zero-order valence-electron chi connectivity index (χ0n) is 23.2. The Morgan fingerprint density at radius 1 is 1.05 bits per heavy atom. The van der Waals surface area contributed by atoms with E-state index in [9.17, 15) is 8.78 Å². The van der Waals surface area contributed by atoms with Crippen LogP contribution in [-0.2, 0) is 13.0 Å². The third-order valence-corrected chi connectivity index (χ3v) is 8.90. The van der Waals surface area contributed by atoms with Gasteiger partial charge in [0.05, 0.1) is 17.3 Å². The Balaban J connectivity index is 1.26. The fourth-order valence-electron chi connectivity index (χ4n) is 6.37. The molecule has 4 heterocycles. The first kappa shape index (κ1) is 27.9. The van der Waals surface area contributed by atoms with Crippen molar-refractivity contribution in [2.24, 2.45) is 5.92 Å². The van der Waals surface area contributed by atoms with Crippen molar-refractivity contribution in [2.45, 2.75) is 44.6 Å². The van der Waals surface area contributed by atoms with E-state index in [-0.39, 0.29) is 12.8 Å². The summed E-state index contributed by atoms with van der Waals surface area (Å²) in [5.74, 6) is -1.33. The minimum Gasteiger partial charge on any atom is -0.462 e. The van der Waals surface area contributed by atoms with Gasteiger partial charge in [0.1, 0.15) is 12.4 Å². The summed E-state index contributed by atoms with van der Waals surface area (Å²) in [6.45, 7) is 12.6. The molecule has 2 saturated heterocycles. The molecule has 10 heteroatoms. The molecule has 0 N–H and O–H groups in total. The molecule has 0 unspecified atom stereocenters. The van der Waals surface area contributed by atoms with Gasteiger partial charge in [-0.05, 0) is 36.8 Å². The van der Waals surface area contributed by atoms with Gasteiger partial charge in [0.15, 0.2) is 0 Å². The summed E-state index contributed by atoms with van der Waals surface area (Å²) >= 11 is 6.66. The Morgan fingerprint density at radius 3 is 2.66 bits per heavy atom. The van der Waals surface area contributed by atoms with Crippen LogP contribution in [-0.4, -0.2) is 73.2 Å². The number of hydrogen-bond donors (Lipinski definition) is 0. The molecule has 0 amide bonds. The van der Waals surface area contributed by atoms with E-state index in [4.69, 9.17) is 32.9 Å². The Kier molecular flexibility index (Phi) is 8.14. The summed E-state index contributed by atoms with van der Waals surface area (Å²) in [4.78, 5) is 20.1. The van der Waals surface area contributed by atoms with Gasteiger partial charge in [-0.2, -0.15) is 9.97 Å². The molecule has 7 nitrogen and oxygen atoms in total. The van der Waals surface area contributed by atoms with E-state index in [2.05, 4.69) is 38.9 Å². The van der Waals surface area contributed by atoms with Gasteiger partial charge < -0.3 is 19.4 Å². The molecule has 0 bridgehead atoms. The molecule has 3 aliphatic rings. The molecule has 0 radical (unpaired) electrons. The highest BCUT2D eigenvalue weighted by Crippen LogP contribution is 2.37. The van der Waals surface area contributed by atoms with Gasteiger partial charge in [-0.1, -0.05) is 35.9 Å². The second-order valence-corrected chi connectivity index (χ2v) is 11.8. The van der Waals surface area contributed by atoms with Crippen molar-refractivity contribution >= 4 is 33.9 Å². The van der Waals surface area contributed by atoms with Gasteiger partial charge in [-0.3, -0.25) is 4.90 Å². The average molecular weight is 581 g/mol. The van der Waals surface area contributed by atoms with Crippen LogP contribution in [0.15, 0.2) is 36.4 Å². The zero-order valence-corrected chi connectivity index (χ0v) is 23.9. The van der Waals surface area contributed by atoms with Gasteiger partial charge in [-0.25, -0.2) is 15.4 Å². The molecule has 3 aromatic rings. The number of piperidine rings is 2. The lowest BCUT2D eigenvalue weighted by molar-refractivity contribution is -0.0565. The maximum absolute atomic E-state index is 13.6. The fourth-order valence-corrected chi connectivity index (χ4v) is 6.64. The van der Waals surface area contributed by atoms with E-state index in [0.29, 0.717) is 51.3 Å². The van der Waals surface area contributed by atoms with Crippen molar-refractivity contribution in [1.82, 2.24) is 14.9 Å². The number of hydrogen-bond acceptors (Lipinski definition) is 6. The lowest BCUT2D eigenvalue weighted by Crippen LogP contribution is -2.41. The van der Waals surface area contributed by atoms with Gasteiger partial charge in [0.2, 0.25) is 6.54 Å².